The minimum absolute atomic E-state index is 0.395. The van der Waals surface area contributed by atoms with E-state index < -0.39 is 6.09 Å². The van der Waals surface area contributed by atoms with Crippen LogP contribution in [0.5, 0.6) is 5.88 Å². The second-order valence-electron chi connectivity index (χ2n) is 7.34. The first-order chi connectivity index (χ1) is 14.7. The molecule has 0 saturated carbocycles. The summed E-state index contributed by atoms with van der Waals surface area (Å²) in [5.41, 5.74) is 6.92. The van der Waals surface area contributed by atoms with Crippen LogP contribution in [0.1, 0.15) is 11.3 Å². The third kappa shape index (κ3) is 3.14. The van der Waals surface area contributed by atoms with Gasteiger partial charge in [0.15, 0.2) is 0 Å². The van der Waals surface area contributed by atoms with Crippen molar-refractivity contribution < 1.29 is 9.53 Å². The molecule has 30 heavy (non-hydrogen) atoms. The maximum atomic E-state index is 13.0. The summed E-state index contributed by atoms with van der Waals surface area (Å²) in [6, 6.07) is 26.0. The number of fused-ring (bicyclic) bond motifs is 3. The first-order valence-corrected chi connectivity index (χ1v) is 9.98. The number of benzene rings is 3. The SMILES string of the molecule is CN(C(=O)Oc1[nH]nc2c1-c1ccccc1CC2)c1ccccc1-c1ccccc1. The predicted molar refractivity (Wildman–Crippen MR) is 118 cm³/mol. The van der Waals surface area contributed by atoms with Crippen molar-refractivity contribution in [3.05, 3.63) is 90.1 Å². The molecule has 4 aromatic rings. The monoisotopic (exact) mass is 395 g/mol. The minimum atomic E-state index is -0.465. The number of para-hydroxylation sites is 1. The van der Waals surface area contributed by atoms with Crippen LogP contribution in [0.25, 0.3) is 22.3 Å². The van der Waals surface area contributed by atoms with Crippen LogP contribution >= 0.6 is 0 Å². The van der Waals surface area contributed by atoms with E-state index in [2.05, 4.69) is 22.3 Å². The van der Waals surface area contributed by atoms with Crippen molar-refractivity contribution >= 4 is 11.8 Å². The largest absolute Gasteiger partial charge is 0.420 e. The number of aromatic nitrogens is 2. The van der Waals surface area contributed by atoms with E-state index in [4.69, 9.17) is 4.74 Å². The molecule has 1 aliphatic rings. The minimum Gasteiger partial charge on any atom is -0.391 e. The van der Waals surface area contributed by atoms with Crippen LogP contribution in [0.15, 0.2) is 78.9 Å². The lowest BCUT2D eigenvalue weighted by atomic mass is 9.90. The highest BCUT2D eigenvalue weighted by molar-refractivity contribution is 5.95. The van der Waals surface area contributed by atoms with E-state index in [1.807, 2.05) is 66.7 Å². The zero-order chi connectivity index (χ0) is 20.5. The quantitative estimate of drug-likeness (QED) is 0.500. The Kier molecular flexibility index (Phi) is 4.56. The van der Waals surface area contributed by atoms with Gasteiger partial charge in [0, 0.05) is 12.6 Å². The van der Waals surface area contributed by atoms with Crippen molar-refractivity contribution in [3.8, 4) is 28.1 Å². The molecule has 5 nitrogen and oxygen atoms in total. The number of rotatable bonds is 3. The Balaban J connectivity index is 1.46. The van der Waals surface area contributed by atoms with Gasteiger partial charge in [-0.25, -0.2) is 9.89 Å². The molecule has 0 radical (unpaired) electrons. The molecular weight excluding hydrogens is 374 g/mol. The number of nitrogens with one attached hydrogen (secondary N) is 1. The fraction of sp³-hybridized carbons (Fsp3) is 0.120. The fourth-order valence-electron chi connectivity index (χ4n) is 4.01. The average molecular weight is 395 g/mol. The van der Waals surface area contributed by atoms with Crippen molar-refractivity contribution in [3.63, 3.8) is 0 Å². The third-order valence-electron chi connectivity index (χ3n) is 5.54. The first kappa shape index (κ1) is 18.2. The number of hydrogen-bond donors (Lipinski definition) is 1. The van der Waals surface area contributed by atoms with Gasteiger partial charge >= 0.3 is 6.09 Å². The number of carbonyl (C=O) groups excluding carboxylic acids is 1. The summed E-state index contributed by atoms with van der Waals surface area (Å²) in [5.74, 6) is 0.395. The molecule has 0 saturated heterocycles. The molecule has 0 fully saturated rings. The molecule has 1 amide bonds. The summed E-state index contributed by atoms with van der Waals surface area (Å²) in [5, 5.41) is 7.31. The average Bonchev–Trinajstić information content (AvgIpc) is 3.22. The Labute approximate surface area is 174 Å². The van der Waals surface area contributed by atoms with Gasteiger partial charge in [-0.15, -0.1) is 0 Å². The lowest BCUT2D eigenvalue weighted by Gasteiger charge is -2.21. The topological polar surface area (TPSA) is 58.2 Å². The number of ether oxygens (including phenoxy) is 1. The summed E-state index contributed by atoms with van der Waals surface area (Å²) in [4.78, 5) is 14.6. The molecule has 0 unspecified atom stereocenters. The van der Waals surface area contributed by atoms with E-state index in [-0.39, 0.29) is 0 Å². The number of amides is 1. The zero-order valence-electron chi connectivity index (χ0n) is 16.6. The van der Waals surface area contributed by atoms with Crippen LogP contribution in [-0.4, -0.2) is 23.3 Å². The van der Waals surface area contributed by atoms with Gasteiger partial charge in [0.1, 0.15) is 0 Å². The number of aromatic amines is 1. The molecule has 0 atom stereocenters. The van der Waals surface area contributed by atoms with Crippen LogP contribution in [-0.2, 0) is 12.8 Å². The normalized spacial score (nSPS) is 12.0. The number of carbonyl (C=O) groups is 1. The van der Waals surface area contributed by atoms with E-state index in [1.165, 1.54) is 10.5 Å². The van der Waals surface area contributed by atoms with Crippen molar-refractivity contribution in [1.82, 2.24) is 10.2 Å². The van der Waals surface area contributed by atoms with E-state index in [0.717, 1.165) is 46.5 Å². The smallest absolute Gasteiger partial charge is 0.391 e. The molecule has 1 N–H and O–H groups in total. The van der Waals surface area contributed by atoms with Crippen molar-refractivity contribution in [2.24, 2.45) is 0 Å². The molecule has 148 valence electrons. The van der Waals surface area contributed by atoms with E-state index in [1.54, 1.807) is 7.05 Å². The Bertz CT molecular complexity index is 1210. The third-order valence-corrected chi connectivity index (χ3v) is 5.54. The van der Waals surface area contributed by atoms with E-state index in [0.29, 0.717) is 5.88 Å². The number of aryl methyl sites for hydroxylation is 2. The molecule has 1 aromatic heterocycles. The molecule has 5 rings (SSSR count). The van der Waals surface area contributed by atoms with Crippen molar-refractivity contribution in [1.29, 1.82) is 0 Å². The number of nitrogens with zero attached hydrogens (tertiary/aromatic N) is 2. The van der Waals surface area contributed by atoms with Gasteiger partial charge in [0.25, 0.3) is 0 Å². The van der Waals surface area contributed by atoms with Crippen molar-refractivity contribution in [2.75, 3.05) is 11.9 Å². The van der Waals surface area contributed by atoms with Crippen LogP contribution < -0.4 is 9.64 Å². The van der Waals surface area contributed by atoms with Crippen LogP contribution in [0.3, 0.4) is 0 Å². The highest BCUT2D eigenvalue weighted by Gasteiger charge is 2.26. The molecule has 1 aliphatic carbocycles. The second kappa shape index (κ2) is 7.52. The van der Waals surface area contributed by atoms with Gasteiger partial charge < -0.3 is 4.74 Å². The Morgan fingerprint density at radius 1 is 0.900 bits per heavy atom. The molecule has 0 spiro atoms. The maximum absolute atomic E-state index is 13.0. The lowest BCUT2D eigenvalue weighted by Crippen LogP contribution is -2.30. The Morgan fingerprint density at radius 2 is 1.60 bits per heavy atom. The van der Waals surface area contributed by atoms with Gasteiger partial charge in [0.05, 0.1) is 16.9 Å². The second-order valence-corrected chi connectivity index (χ2v) is 7.34. The Hall–Kier alpha value is -3.86. The number of hydrogen-bond acceptors (Lipinski definition) is 3. The van der Waals surface area contributed by atoms with Crippen LogP contribution in [0.4, 0.5) is 10.5 Å². The summed E-state index contributed by atoms with van der Waals surface area (Å²) in [6.45, 7) is 0. The van der Waals surface area contributed by atoms with Crippen LogP contribution in [0.2, 0.25) is 0 Å². The summed E-state index contributed by atoms with van der Waals surface area (Å²) in [7, 11) is 1.72. The van der Waals surface area contributed by atoms with Crippen LogP contribution in [0, 0.1) is 0 Å². The molecule has 0 bridgehead atoms. The predicted octanol–water partition coefficient (Wildman–Crippen LogP) is 5.48. The maximum Gasteiger partial charge on any atom is 0.420 e. The molecule has 0 aliphatic heterocycles. The molecule has 3 aromatic carbocycles. The Morgan fingerprint density at radius 3 is 2.43 bits per heavy atom. The molecule has 5 heteroatoms. The number of anilines is 1. The lowest BCUT2D eigenvalue weighted by molar-refractivity contribution is 0.207. The van der Waals surface area contributed by atoms with Gasteiger partial charge in [0.2, 0.25) is 5.88 Å². The molecule has 1 heterocycles. The summed E-state index contributed by atoms with van der Waals surface area (Å²) < 4.78 is 5.79. The molecular formula is C25H21N3O2. The van der Waals surface area contributed by atoms with E-state index >= 15 is 0 Å². The van der Waals surface area contributed by atoms with Gasteiger partial charge in [-0.3, -0.25) is 4.90 Å². The highest BCUT2D eigenvalue weighted by atomic mass is 16.6. The number of H-pyrrole nitrogens is 1. The summed E-state index contributed by atoms with van der Waals surface area (Å²) in [6.07, 6.45) is 1.30. The highest BCUT2D eigenvalue weighted by Crippen LogP contribution is 2.39. The van der Waals surface area contributed by atoms with E-state index in [9.17, 15) is 4.79 Å². The van der Waals surface area contributed by atoms with Gasteiger partial charge in [-0.2, -0.15) is 5.10 Å². The standard InChI is InChI=1S/C25H21N3O2/c1-28(22-14-8-7-12-19(22)17-9-3-2-4-10-17)25(29)30-24-23-20-13-6-5-11-18(20)15-16-21(23)26-27-24/h2-14H,15-16H2,1H3,(H,26,27). The van der Waals surface area contributed by atoms with Gasteiger partial charge in [-0.05, 0) is 35.6 Å². The summed E-state index contributed by atoms with van der Waals surface area (Å²) >= 11 is 0. The van der Waals surface area contributed by atoms with Crippen molar-refractivity contribution in [2.45, 2.75) is 12.8 Å². The first-order valence-electron chi connectivity index (χ1n) is 9.98. The zero-order valence-corrected chi connectivity index (χ0v) is 16.6. The fourth-order valence-corrected chi connectivity index (χ4v) is 4.01. The van der Waals surface area contributed by atoms with Gasteiger partial charge in [-0.1, -0.05) is 72.8 Å².